The first-order valence-electron chi connectivity index (χ1n) is 5.61. The number of rotatable bonds is 3. The van der Waals surface area contributed by atoms with Crippen molar-refractivity contribution in [2.24, 2.45) is 5.92 Å². The molecule has 1 aromatic heterocycles. The quantitative estimate of drug-likeness (QED) is 0.839. The topological polar surface area (TPSA) is 74.8 Å². The molecule has 0 aromatic carbocycles. The fourth-order valence-corrected chi connectivity index (χ4v) is 3.44. The Morgan fingerprint density at radius 1 is 1.44 bits per heavy atom. The zero-order chi connectivity index (χ0) is 11.6. The molecule has 90 valence electrons. The van der Waals surface area contributed by atoms with Crippen LogP contribution in [0.5, 0.6) is 0 Å². The Balaban J connectivity index is 2.09. The molecule has 0 aliphatic heterocycles. The zero-order valence-electron chi connectivity index (χ0n) is 9.31. The molecule has 1 aliphatic carbocycles. The lowest BCUT2D eigenvalue weighted by molar-refractivity contribution is 0.310. The van der Waals surface area contributed by atoms with Gasteiger partial charge < -0.3 is 0 Å². The summed E-state index contributed by atoms with van der Waals surface area (Å²) >= 11 is 0. The number of aromatic nitrogens is 2. The highest BCUT2D eigenvalue weighted by molar-refractivity contribution is 7.89. The fraction of sp³-hybridized carbons (Fsp3) is 0.700. The Kier molecular flexibility index (Phi) is 3.30. The van der Waals surface area contributed by atoms with E-state index in [2.05, 4.69) is 21.8 Å². The molecule has 16 heavy (non-hydrogen) atoms. The number of nitrogens with zero attached hydrogens (tertiary/aromatic N) is 1. The minimum absolute atomic E-state index is 0.0575. The highest BCUT2D eigenvalue weighted by Gasteiger charge is 2.27. The van der Waals surface area contributed by atoms with Gasteiger partial charge in [0.25, 0.3) is 10.0 Å². The van der Waals surface area contributed by atoms with Gasteiger partial charge in [0.15, 0.2) is 5.03 Å². The van der Waals surface area contributed by atoms with E-state index in [4.69, 9.17) is 0 Å². The van der Waals surface area contributed by atoms with Gasteiger partial charge in [-0.15, -0.1) is 0 Å². The second-order valence-corrected chi connectivity index (χ2v) is 6.09. The average Bonchev–Trinajstić information content (AvgIpc) is 2.75. The Bertz CT molecular complexity index is 427. The van der Waals surface area contributed by atoms with Crippen LogP contribution in [-0.2, 0) is 10.0 Å². The largest absolute Gasteiger partial charge is 0.266 e. The molecule has 1 fully saturated rings. The lowest BCUT2D eigenvalue weighted by Crippen LogP contribution is -2.41. The normalized spacial score (nSPS) is 26.8. The molecule has 1 aliphatic rings. The lowest BCUT2D eigenvalue weighted by atomic mass is 9.87. The second-order valence-electron chi connectivity index (χ2n) is 4.41. The maximum atomic E-state index is 11.9. The second kappa shape index (κ2) is 4.55. The van der Waals surface area contributed by atoms with Crippen LogP contribution >= 0.6 is 0 Å². The Morgan fingerprint density at radius 2 is 2.19 bits per heavy atom. The third-order valence-electron chi connectivity index (χ3n) is 3.18. The summed E-state index contributed by atoms with van der Waals surface area (Å²) in [6, 6.07) is 1.53. The average molecular weight is 243 g/mol. The summed E-state index contributed by atoms with van der Waals surface area (Å²) in [5.74, 6) is 0.409. The maximum absolute atomic E-state index is 11.9. The van der Waals surface area contributed by atoms with Crippen molar-refractivity contribution in [2.75, 3.05) is 0 Å². The third-order valence-corrected chi connectivity index (χ3v) is 4.60. The molecule has 1 saturated carbocycles. The van der Waals surface area contributed by atoms with Gasteiger partial charge in [0.05, 0.1) is 6.20 Å². The predicted molar refractivity (Wildman–Crippen MR) is 60.3 cm³/mol. The molecule has 0 bridgehead atoms. The van der Waals surface area contributed by atoms with E-state index in [0.29, 0.717) is 5.92 Å². The van der Waals surface area contributed by atoms with Crippen LogP contribution in [0.25, 0.3) is 0 Å². The van der Waals surface area contributed by atoms with Crippen LogP contribution in [0.15, 0.2) is 17.3 Å². The Hall–Kier alpha value is -0.880. The minimum Gasteiger partial charge on any atom is -0.266 e. The SMILES string of the molecule is CC1CCCCC1NS(=O)(=O)c1ccn[nH]1. The molecule has 0 saturated heterocycles. The Morgan fingerprint density at radius 3 is 2.81 bits per heavy atom. The van der Waals surface area contributed by atoms with Crippen LogP contribution < -0.4 is 4.72 Å². The molecule has 2 N–H and O–H groups in total. The Labute approximate surface area is 95.7 Å². The lowest BCUT2D eigenvalue weighted by Gasteiger charge is -2.28. The monoisotopic (exact) mass is 243 g/mol. The van der Waals surface area contributed by atoms with Crippen molar-refractivity contribution in [1.29, 1.82) is 0 Å². The number of hydrogen-bond donors (Lipinski definition) is 2. The van der Waals surface area contributed by atoms with Gasteiger partial charge >= 0.3 is 0 Å². The van der Waals surface area contributed by atoms with Gasteiger partial charge in [0.2, 0.25) is 0 Å². The number of sulfonamides is 1. The van der Waals surface area contributed by atoms with Crippen molar-refractivity contribution >= 4 is 10.0 Å². The van der Waals surface area contributed by atoms with Crippen LogP contribution in [0.4, 0.5) is 0 Å². The van der Waals surface area contributed by atoms with Crippen molar-refractivity contribution in [3.05, 3.63) is 12.3 Å². The van der Waals surface area contributed by atoms with Crippen LogP contribution in [0.1, 0.15) is 32.6 Å². The van der Waals surface area contributed by atoms with Crippen molar-refractivity contribution < 1.29 is 8.42 Å². The molecular formula is C10H17N3O2S. The molecule has 0 spiro atoms. The molecule has 1 heterocycles. The van der Waals surface area contributed by atoms with Gasteiger partial charge in [-0.1, -0.05) is 19.8 Å². The van der Waals surface area contributed by atoms with Crippen LogP contribution in [0.2, 0.25) is 0 Å². The van der Waals surface area contributed by atoms with E-state index in [9.17, 15) is 8.42 Å². The third kappa shape index (κ3) is 2.44. The molecule has 0 radical (unpaired) electrons. The van der Waals surface area contributed by atoms with E-state index in [1.807, 2.05) is 0 Å². The van der Waals surface area contributed by atoms with Gasteiger partial charge in [-0.2, -0.15) is 5.10 Å². The van der Waals surface area contributed by atoms with E-state index >= 15 is 0 Å². The fourth-order valence-electron chi connectivity index (χ4n) is 2.15. The smallest absolute Gasteiger partial charge is 0.257 e. The highest BCUT2D eigenvalue weighted by Crippen LogP contribution is 2.24. The summed E-state index contributed by atoms with van der Waals surface area (Å²) < 4.78 is 26.6. The van der Waals surface area contributed by atoms with E-state index in [0.717, 1.165) is 19.3 Å². The molecular weight excluding hydrogens is 226 g/mol. The highest BCUT2D eigenvalue weighted by atomic mass is 32.2. The number of H-pyrrole nitrogens is 1. The van der Waals surface area contributed by atoms with Crippen molar-refractivity contribution in [2.45, 2.75) is 43.7 Å². The number of nitrogens with one attached hydrogen (secondary N) is 2. The maximum Gasteiger partial charge on any atom is 0.257 e. The number of hydrogen-bond acceptors (Lipinski definition) is 3. The summed E-state index contributed by atoms with van der Waals surface area (Å²) in [4.78, 5) is 0. The summed E-state index contributed by atoms with van der Waals surface area (Å²) in [7, 11) is -3.42. The van der Waals surface area contributed by atoms with Crippen LogP contribution in [0.3, 0.4) is 0 Å². The van der Waals surface area contributed by atoms with Crippen molar-refractivity contribution in [3.63, 3.8) is 0 Å². The van der Waals surface area contributed by atoms with E-state index in [1.165, 1.54) is 18.7 Å². The molecule has 5 nitrogen and oxygen atoms in total. The van der Waals surface area contributed by atoms with E-state index < -0.39 is 10.0 Å². The first-order valence-corrected chi connectivity index (χ1v) is 7.09. The van der Waals surface area contributed by atoms with Gasteiger partial charge in [-0.3, -0.25) is 5.10 Å². The van der Waals surface area contributed by atoms with Crippen molar-refractivity contribution in [3.8, 4) is 0 Å². The number of aromatic amines is 1. The van der Waals surface area contributed by atoms with E-state index in [-0.39, 0.29) is 11.1 Å². The zero-order valence-corrected chi connectivity index (χ0v) is 10.1. The van der Waals surface area contributed by atoms with Gasteiger partial charge in [-0.25, -0.2) is 13.1 Å². The van der Waals surface area contributed by atoms with Crippen LogP contribution in [-0.4, -0.2) is 24.7 Å². The summed E-state index contributed by atoms with van der Waals surface area (Å²) in [6.07, 6.45) is 5.76. The molecule has 0 amide bonds. The first-order chi connectivity index (χ1) is 7.59. The van der Waals surface area contributed by atoms with Crippen LogP contribution in [0, 0.1) is 5.92 Å². The molecule has 6 heteroatoms. The minimum atomic E-state index is -3.42. The van der Waals surface area contributed by atoms with Gasteiger partial charge in [-0.05, 0) is 24.8 Å². The molecule has 2 unspecified atom stereocenters. The first kappa shape index (κ1) is 11.6. The van der Waals surface area contributed by atoms with Gasteiger partial charge in [0, 0.05) is 6.04 Å². The summed E-state index contributed by atoms with van der Waals surface area (Å²) in [5.41, 5.74) is 0. The van der Waals surface area contributed by atoms with Crippen molar-refractivity contribution in [1.82, 2.24) is 14.9 Å². The molecule has 1 aromatic rings. The predicted octanol–water partition coefficient (Wildman–Crippen LogP) is 1.27. The standard InChI is InChI=1S/C10H17N3O2S/c1-8-4-2-3-5-9(8)13-16(14,15)10-6-7-11-12-10/h6-9,13H,2-5H2,1H3,(H,11,12). The summed E-state index contributed by atoms with van der Waals surface area (Å²) in [5, 5.41) is 6.28. The molecule has 2 atom stereocenters. The molecule has 2 rings (SSSR count). The van der Waals surface area contributed by atoms with Gasteiger partial charge in [0.1, 0.15) is 0 Å². The summed E-state index contributed by atoms with van der Waals surface area (Å²) in [6.45, 7) is 2.10. The van der Waals surface area contributed by atoms with E-state index in [1.54, 1.807) is 0 Å².